The zero-order valence-corrected chi connectivity index (χ0v) is 13.0. The number of aryl methyl sites for hydroxylation is 1. The van der Waals surface area contributed by atoms with Gasteiger partial charge in [-0.25, -0.2) is 4.79 Å². The second kappa shape index (κ2) is 6.30. The molecule has 0 saturated carbocycles. The van der Waals surface area contributed by atoms with Crippen molar-refractivity contribution in [3.63, 3.8) is 0 Å². The van der Waals surface area contributed by atoms with E-state index in [4.69, 9.17) is 0 Å². The molecule has 1 fully saturated rings. The van der Waals surface area contributed by atoms with Gasteiger partial charge in [0.1, 0.15) is 0 Å². The second-order valence-corrected chi connectivity index (χ2v) is 6.19. The summed E-state index contributed by atoms with van der Waals surface area (Å²) in [6.07, 6.45) is 6.78. The zero-order chi connectivity index (χ0) is 14.7. The van der Waals surface area contributed by atoms with Crippen LogP contribution >= 0.6 is 11.3 Å². The van der Waals surface area contributed by atoms with Crippen molar-refractivity contribution in [2.24, 2.45) is 7.05 Å². The fourth-order valence-electron chi connectivity index (χ4n) is 2.84. The van der Waals surface area contributed by atoms with Crippen molar-refractivity contribution < 1.29 is 4.79 Å². The molecule has 0 radical (unpaired) electrons. The maximum Gasteiger partial charge on any atom is 0.317 e. The Bertz CT molecular complexity index is 593. The molecule has 3 heterocycles. The van der Waals surface area contributed by atoms with Crippen LogP contribution in [0.3, 0.4) is 0 Å². The maximum absolute atomic E-state index is 12.3. The minimum absolute atomic E-state index is 0.0487. The van der Waals surface area contributed by atoms with Crippen molar-refractivity contribution in [3.8, 4) is 0 Å². The Morgan fingerprint density at radius 3 is 3.19 bits per heavy atom. The van der Waals surface area contributed by atoms with Crippen LogP contribution in [0.4, 0.5) is 4.79 Å². The average Bonchev–Trinajstić information content (AvgIpc) is 3.19. The van der Waals surface area contributed by atoms with Gasteiger partial charge in [0.15, 0.2) is 0 Å². The van der Waals surface area contributed by atoms with E-state index in [9.17, 15) is 4.79 Å². The van der Waals surface area contributed by atoms with Crippen LogP contribution in [0.2, 0.25) is 0 Å². The normalized spacial score (nSPS) is 18.1. The lowest BCUT2D eigenvalue weighted by atomic mass is 10.1. The molecule has 0 aromatic carbocycles. The van der Waals surface area contributed by atoms with Gasteiger partial charge in [-0.15, -0.1) is 0 Å². The summed E-state index contributed by atoms with van der Waals surface area (Å²) in [4.78, 5) is 14.3. The lowest BCUT2D eigenvalue weighted by Crippen LogP contribution is -2.40. The molecule has 3 rings (SSSR count). The van der Waals surface area contributed by atoms with Crippen LogP contribution in [-0.4, -0.2) is 33.8 Å². The van der Waals surface area contributed by atoms with Crippen molar-refractivity contribution in [2.75, 3.05) is 13.1 Å². The van der Waals surface area contributed by atoms with E-state index < -0.39 is 0 Å². The molecule has 6 heteroatoms. The first-order chi connectivity index (χ1) is 10.2. The minimum atomic E-state index is 0.0487. The smallest absolute Gasteiger partial charge is 0.317 e. The first-order valence-electron chi connectivity index (χ1n) is 7.28. The van der Waals surface area contributed by atoms with Crippen molar-refractivity contribution in [3.05, 3.63) is 40.3 Å². The summed E-state index contributed by atoms with van der Waals surface area (Å²) in [5, 5.41) is 11.4. The number of amides is 2. The van der Waals surface area contributed by atoms with Crippen LogP contribution in [-0.2, 0) is 13.5 Å². The number of carbonyl (C=O) groups is 1. The Morgan fingerprint density at radius 1 is 1.57 bits per heavy atom. The number of urea groups is 1. The molecular formula is C15H20N4OS. The monoisotopic (exact) mass is 304 g/mol. The van der Waals surface area contributed by atoms with Crippen LogP contribution in [0.15, 0.2) is 29.2 Å². The third kappa shape index (κ3) is 3.26. The number of aromatic nitrogens is 2. The van der Waals surface area contributed by atoms with Crippen LogP contribution < -0.4 is 5.32 Å². The highest BCUT2D eigenvalue weighted by molar-refractivity contribution is 7.07. The number of rotatable bonds is 4. The first-order valence-corrected chi connectivity index (χ1v) is 8.22. The molecule has 2 aromatic heterocycles. The predicted octanol–water partition coefficient (Wildman–Crippen LogP) is 2.57. The van der Waals surface area contributed by atoms with E-state index in [2.05, 4.69) is 27.2 Å². The van der Waals surface area contributed by atoms with E-state index in [1.165, 1.54) is 5.56 Å². The molecule has 1 saturated heterocycles. The third-order valence-corrected chi connectivity index (χ3v) is 4.59. The van der Waals surface area contributed by atoms with Gasteiger partial charge in [0, 0.05) is 26.3 Å². The quantitative estimate of drug-likeness (QED) is 0.944. The van der Waals surface area contributed by atoms with Crippen LogP contribution in [0, 0.1) is 0 Å². The molecular weight excluding hydrogens is 284 g/mol. The molecule has 1 aliphatic heterocycles. The molecule has 112 valence electrons. The summed E-state index contributed by atoms with van der Waals surface area (Å²) in [7, 11) is 1.90. The predicted molar refractivity (Wildman–Crippen MR) is 83.3 cm³/mol. The van der Waals surface area contributed by atoms with Gasteiger partial charge in [-0.3, -0.25) is 4.68 Å². The van der Waals surface area contributed by atoms with Crippen molar-refractivity contribution in [1.82, 2.24) is 20.0 Å². The molecule has 1 atom stereocenters. The standard InChI is InChI=1S/C15H20N4OS/c1-18-10-12(9-17-18)4-6-16-15(20)19-7-2-3-14(19)13-5-8-21-11-13/h5,8-11,14H,2-4,6-7H2,1H3,(H,16,20). The van der Waals surface area contributed by atoms with Gasteiger partial charge >= 0.3 is 6.03 Å². The number of hydrogen-bond acceptors (Lipinski definition) is 3. The average molecular weight is 304 g/mol. The van der Waals surface area contributed by atoms with Gasteiger partial charge in [0.2, 0.25) is 0 Å². The topological polar surface area (TPSA) is 50.2 Å². The summed E-state index contributed by atoms with van der Waals surface area (Å²) >= 11 is 1.69. The second-order valence-electron chi connectivity index (χ2n) is 5.41. The summed E-state index contributed by atoms with van der Waals surface area (Å²) < 4.78 is 1.78. The van der Waals surface area contributed by atoms with Crippen LogP contribution in [0.1, 0.15) is 30.0 Å². The van der Waals surface area contributed by atoms with Gasteiger partial charge in [-0.05, 0) is 47.2 Å². The molecule has 21 heavy (non-hydrogen) atoms. The van der Waals surface area contributed by atoms with Gasteiger partial charge in [-0.1, -0.05) is 0 Å². The highest BCUT2D eigenvalue weighted by Gasteiger charge is 2.29. The van der Waals surface area contributed by atoms with Gasteiger partial charge < -0.3 is 10.2 Å². The molecule has 2 aromatic rings. The van der Waals surface area contributed by atoms with Gasteiger partial charge in [-0.2, -0.15) is 16.4 Å². The molecule has 1 unspecified atom stereocenters. The molecule has 1 aliphatic rings. The molecule has 0 aliphatic carbocycles. The summed E-state index contributed by atoms with van der Waals surface area (Å²) in [6, 6.07) is 2.42. The lowest BCUT2D eigenvalue weighted by Gasteiger charge is -2.24. The largest absolute Gasteiger partial charge is 0.338 e. The van der Waals surface area contributed by atoms with Crippen molar-refractivity contribution >= 4 is 17.4 Å². The molecule has 0 bridgehead atoms. The maximum atomic E-state index is 12.3. The highest BCUT2D eigenvalue weighted by Crippen LogP contribution is 2.32. The SMILES string of the molecule is Cn1cc(CCNC(=O)N2CCCC2c2ccsc2)cn1. The number of hydrogen-bond donors (Lipinski definition) is 1. The fourth-order valence-corrected chi connectivity index (χ4v) is 3.54. The Kier molecular flexibility index (Phi) is 4.24. The first kappa shape index (κ1) is 14.1. The molecule has 2 amide bonds. The van der Waals surface area contributed by atoms with Gasteiger partial charge in [0.05, 0.1) is 12.2 Å². The Hall–Kier alpha value is -1.82. The van der Waals surface area contributed by atoms with E-state index in [0.29, 0.717) is 6.54 Å². The number of thiophene rings is 1. The highest BCUT2D eigenvalue weighted by atomic mass is 32.1. The van der Waals surface area contributed by atoms with E-state index in [0.717, 1.165) is 31.4 Å². The number of carbonyl (C=O) groups excluding carboxylic acids is 1. The Labute approximate surface area is 128 Å². The minimum Gasteiger partial charge on any atom is -0.338 e. The number of nitrogens with one attached hydrogen (secondary N) is 1. The zero-order valence-electron chi connectivity index (χ0n) is 12.2. The van der Waals surface area contributed by atoms with E-state index >= 15 is 0 Å². The van der Waals surface area contributed by atoms with E-state index in [-0.39, 0.29) is 12.1 Å². The van der Waals surface area contributed by atoms with Crippen molar-refractivity contribution in [1.29, 1.82) is 0 Å². The number of nitrogens with zero attached hydrogens (tertiary/aromatic N) is 3. The lowest BCUT2D eigenvalue weighted by molar-refractivity contribution is 0.193. The third-order valence-electron chi connectivity index (χ3n) is 3.89. The Balaban J connectivity index is 1.52. The van der Waals surface area contributed by atoms with Crippen molar-refractivity contribution in [2.45, 2.75) is 25.3 Å². The summed E-state index contributed by atoms with van der Waals surface area (Å²) in [6.45, 7) is 1.50. The van der Waals surface area contributed by atoms with Crippen LogP contribution in [0.25, 0.3) is 0 Å². The molecule has 1 N–H and O–H groups in total. The summed E-state index contributed by atoms with van der Waals surface area (Å²) in [5.74, 6) is 0. The van der Waals surface area contributed by atoms with Gasteiger partial charge in [0.25, 0.3) is 0 Å². The van der Waals surface area contributed by atoms with E-state index in [1.54, 1.807) is 16.0 Å². The number of likely N-dealkylation sites (tertiary alicyclic amines) is 1. The van der Waals surface area contributed by atoms with Crippen LogP contribution in [0.5, 0.6) is 0 Å². The fraction of sp³-hybridized carbons (Fsp3) is 0.467. The molecule has 5 nitrogen and oxygen atoms in total. The summed E-state index contributed by atoms with van der Waals surface area (Å²) in [5.41, 5.74) is 2.41. The van der Waals surface area contributed by atoms with E-state index in [1.807, 2.05) is 24.3 Å². The molecule has 0 spiro atoms. The Morgan fingerprint density at radius 2 is 2.48 bits per heavy atom.